The van der Waals surface area contributed by atoms with Crippen LogP contribution in [0.5, 0.6) is 0 Å². The van der Waals surface area contributed by atoms with E-state index < -0.39 is 10.0 Å². The van der Waals surface area contributed by atoms with E-state index >= 15 is 0 Å². The number of nitrogens with one attached hydrogen (secondary N) is 1. The van der Waals surface area contributed by atoms with Crippen LogP contribution >= 0.6 is 0 Å². The molecular weight excluding hydrogens is 256 g/mol. The van der Waals surface area contributed by atoms with E-state index in [-0.39, 0.29) is 18.5 Å². The molecule has 0 heterocycles. The summed E-state index contributed by atoms with van der Waals surface area (Å²) in [7, 11) is -1.77. The van der Waals surface area contributed by atoms with Gasteiger partial charge in [-0.25, -0.2) is 8.42 Å². The predicted molar refractivity (Wildman–Crippen MR) is 70.8 cm³/mol. The van der Waals surface area contributed by atoms with Crippen molar-refractivity contribution in [3.05, 3.63) is 0 Å². The molecule has 6 nitrogen and oxygen atoms in total. The fourth-order valence-corrected chi connectivity index (χ4v) is 2.60. The molecule has 0 aromatic carbocycles. The molecule has 1 unspecified atom stereocenters. The van der Waals surface area contributed by atoms with E-state index in [9.17, 15) is 13.2 Å². The van der Waals surface area contributed by atoms with E-state index in [2.05, 4.69) is 5.32 Å². The largest absolute Gasteiger partial charge is 0.385 e. The monoisotopic (exact) mass is 280 g/mol. The van der Waals surface area contributed by atoms with Gasteiger partial charge < -0.3 is 10.1 Å². The second kappa shape index (κ2) is 8.44. The van der Waals surface area contributed by atoms with Crippen LogP contribution in [-0.2, 0) is 19.6 Å². The second-order valence-electron chi connectivity index (χ2n) is 4.26. The Morgan fingerprint density at radius 2 is 2.06 bits per heavy atom. The quantitative estimate of drug-likeness (QED) is 0.612. The fraction of sp³-hybridized carbons (Fsp3) is 0.909. The molecule has 0 bridgehead atoms. The number of methoxy groups -OCH3 is 1. The Morgan fingerprint density at radius 3 is 2.50 bits per heavy atom. The minimum atomic E-state index is -3.36. The number of ether oxygens (including phenoxy) is 1. The van der Waals surface area contributed by atoms with Crippen LogP contribution in [0.1, 0.15) is 26.7 Å². The van der Waals surface area contributed by atoms with E-state index in [1.807, 2.05) is 6.92 Å². The Bertz CT molecular complexity index is 343. The average molecular weight is 280 g/mol. The van der Waals surface area contributed by atoms with Gasteiger partial charge in [-0.3, -0.25) is 4.79 Å². The van der Waals surface area contributed by atoms with Crippen molar-refractivity contribution in [2.24, 2.45) is 0 Å². The number of carbonyl (C=O) groups is 1. The number of amides is 1. The Hall–Kier alpha value is -0.660. The Kier molecular flexibility index (Phi) is 8.13. The Labute approximate surface area is 110 Å². The van der Waals surface area contributed by atoms with Crippen LogP contribution in [0.25, 0.3) is 0 Å². The van der Waals surface area contributed by atoms with E-state index in [1.165, 1.54) is 4.31 Å². The van der Waals surface area contributed by atoms with Crippen LogP contribution in [0.4, 0.5) is 0 Å². The minimum absolute atomic E-state index is 0.124. The van der Waals surface area contributed by atoms with Crippen LogP contribution in [0, 0.1) is 0 Å². The van der Waals surface area contributed by atoms with Crippen molar-refractivity contribution in [3.63, 3.8) is 0 Å². The number of sulfonamides is 1. The summed E-state index contributed by atoms with van der Waals surface area (Å²) in [6.07, 6.45) is 2.51. The van der Waals surface area contributed by atoms with E-state index in [4.69, 9.17) is 4.74 Å². The lowest BCUT2D eigenvalue weighted by atomic mass is 10.2. The molecule has 1 atom stereocenters. The summed E-state index contributed by atoms with van der Waals surface area (Å²) in [5.41, 5.74) is 0. The highest BCUT2D eigenvalue weighted by molar-refractivity contribution is 7.88. The summed E-state index contributed by atoms with van der Waals surface area (Å²) in [5.74, 6) is -0.281. The van der Waals surface area contributed by atoms with Crippen molar-refractivity contribution < 1.29 is 17.9 Å². The first-order valence-corrected chi connectivity index (χ1v) is 7.90. The van der Waals surface area contributed by atoms with Crippen LogP contribution in [-0.4, -0.2) is 57.7 Å². The van der Waals surface area contributed by atoms with Gasteiger partial charge in [0.05, 0.1) is 12.8 Å². The summed E-state index contributed by atoms with van der Waals surface area (Å²) in [5, 5.41) is 2.67. The molecule has 0 saturated carbocycles. The van der Waals surface area contributed by atoms with E-state index in [0.717, 1.165) is 6.26 Å². The van der Waals surface area contributed by atoms with E-state index in [1.54, 1.807) is 14.0 Å². The molecule has 7 heteroatoms. The predicted octanol–water partition coefficient (Wildman–Crippen LogP) is 0.199. The van der Waals surface area contributed by atoms with Crippen molar-refractivity contribution in [2.75, 3.05) is 33.1 Å². The highest BCUT2D eigenvalue weighted by atomic mass is 32.2. The Balaban J connectivity index is 4.29. The number of carbonyl (C=O) groups excluding carboxylic acids is 1. The van der Waals surface area contributed by atoms with Gasteiger partial charge in [-0.15, -0.1) is 0 Å². The smallest absolute Gasteiger partial charge is 0.235 e. The molecule has 108 valence electrons. The molecule has 0 aromatic rings. The van der Waals surface area contributed by atoms with E-state index in [0.29, 0.717) is 26.0 Å². The molecule has 1 amide bonds. The van der Waals surface area contributed by atoms with Gasteiger partial charge in [-0.2, -0.15) is 4.31 Å². The van der Waals surface area contributed by atoms with Gasteiger partial charge >= 0.3 is 0 Å². The zero-order valence-electron chi connectivity index (χ0n) is 11.6. The molecule has 0 rings (SSSR count). The summed E-state index contributed by atoms with van der Waals surface area (Å²) < 4.78 is 29.2. The lowest BCUT2D eigenvalue weighted by molar-refractivity contribution is -0.121. The third-order valence-electron chi connectivity index (χ3n) is 2.66. The van der Waals surface area contributed by atoms with Crippen molar-refractivity contribution in [2.45, 2.75) is 32.7 Å². The molecule has 0 radical (unpaired) electrons. The molecule has 0 aliphatic heterocycles. The van der Waals surface area contributed by atoms with Crippen molar-refractivity contribution in [3.8, 4) is 0 Å². The second-order valence-corrected chi connectivity index (χ2v) is 6.20. The van der Waals surface area contributed by atoms with Gasteiger partial charge in [0, 0.05) is 26.3 Å². The normalized spacial score (nSPS) is 13.6. The summed E-state index contributed by atoms with van der Waals surface area (Å²) >= 11 is 0. The minimum Gasteiger partial charge on any atom is -0.385 e. The maximum atomic E-state index is 11.6. The first-order valence-electron chi connectivity index (χ1n) is 6.05. The van der Waals surface area contributed by atoms with Crippen LogP contribution in [0.3, 0.4) is 0 Å². The summed E-state index contributed by atoms with van der Waals surface area (Å²) in [6.45, 7) is 4.62. The van der Waals surface area contributed by atoms with Crippen molar-refractivity contribution in [1.82, 2.24) is 9.62 Å². The van der Waals surface area contributed by atoms with Gasteiger partial charge in [-0.05, 0) is 19.8 Å². The molecule has 0 fully saturated rings. The number of hydrogen-bond donors (Lipinski definition) is 1. The van der Waals surface area contributed by atoms with Crippen LogP contribution in [0.15, 0.2) is 0 Å². The first kappa shape index (κ1) is 17.3. The average Bonchev–Trinajstić information content (AvgIpc) is 2.29. The fourth-order valence-electron chi connectivity index (χ4n) is 1.45. The number of hydrogen-bond acceptors (Lipinski definition) is 4. The van der Waals surface area contributed by atoms with Gasteiger partial charge in [0.25, 0.3) is 0 Å². The molecule has 0 aliphatic rings. The zero-order valence-corrected chi connectivity index (χ0v) is 12.4. The Morgan fingerprint density at radius 1 is 1.44 bits per heavy atom. The molecule has 0 saturated heterocycles. The lowest BCUT2D eigenvalue weighted by Crippen LogP contribution is -2.44. The third-order valence-corrected chi connectivity index (χ3v) is 4.00. The SMILES string of the molecule is CCC(C)N(CC(=O)NCCCOC)S(C)(=O)=O. The molecule has 0 aliphatic carbocycles. The standard InChI is InChI=1S/C11H24N2O4S/c1-5-10(2)13(18(4,15)16)9-11(14)12-7-6-8-17-3/h10H,5-9H2,1-4H3,(H,12,14). The molecule has 0 aromatic heterocycles. The number of nitrogens with zero attached hydrogens (tertiary/aromatic N) is 1. The van der Waals surface area contributed by atoms with Crippen molar-refractivity contribution in [1.29, 1.82) is 0 Å². The topological polar surface area (TPSA) is 75.7 Å². The van der Waals surface area contributed by atoms with Crippen molar-refractivity contribution >= 4 is 15.9 Å². The first-order chi connectivity index (χ1) is 8.32. The van der Waals surface area contributed by atoms with Crippen LogP contribution in [0.2, 0.25) is 0 Å². The van der Waals surface area contributed by atoms with Gasteiger partial charge in [0.2, 0.25) is 15.9 Å². The highest BCUT2D eigenvalue weighted by Crippen LogP contribution is 2.08. The lowest BCUT2D eigenvalue weighted by Gasteiger charge is -2.25. The summed E-state index contributed by atoms with van der Waals surface area (Å²) in [6, 6.07) is -0.176. The molecule has 18 heavy (non-hydrogen) atoms. The summed E-state index contributed by atoms with van der Waals surface area (Å²) in [4.78, 5) is 11.6. The van der Waals surface area contributed by atoms with Gasteiger partial charge in [0.1, 0.15) is 0 Å². The zero-order chi connectivity index (χ0) is 14.2. The van der Waals surface area contributed by atoms with Crippen LogP contribution < -0.4 is 5.32 Å². The third kappa shape index (κ3) is 6.93. The maximum absolute atomic E-state index is 11.6. The molecular formula is C11H24N2O4S. The van der Waals surface area contributed by atoms with Gasteiger partial charge in [0.15, 0.2) is 0 Å². The number of rotatable bonds is 9. The van der Waals surface area contributed by atoms with Gasteiger partial charge in [-0.1, -0.05) is 6.92 Å². The molecule has 0 spiro atoms. The molecule has 1 N–H and O–H groups in total. The maximum Gasteiger partial charge on any atom is 0.235 e. The highest BCUT2D eigenvalue weighted by Gasteiger charge is 2.24.